The summed E-state index contributed by atoms with van der Waals surface area (Å²) in [6, 6.07) is 2.88. The average Bonchev–Trinajstić information content (AvgIpc) is 2.38. The lowest BCUT2D eigenvalue weighted by Gasteiger charge is -2.31. The Bertz CT molecular complexity index is 461. The Kier molecular flexibility index (Phi) is 5.00. The summed E-state index contributed by atoms with van der Waals surface area (Å²) in [6.45, 7) is 6.85. The van der Waals surface area contributed by atoms with Crippen molar-refractivity contribution in [2.75, 3.05) is 19.6 Å². The normalized spacial score (nSPS) is 11.5. The summed E-state index contributed by atoms with van der Waals surface area (Å²) in [5.41, 5.74) is 5.12. The van der Waals surface area contributed by atoms with E-state index >= 15 is 0 Å². The van der Waals surface area contributed by atoms with Gasteiger partial charge in [-0.15, -0.1) is 0 Å². The quantitative estimate of drug-likeness (QED) is 0.893. The Morgan fingerprint density at radius 2 is 2.00 bits per heavy atom. The SMILES string of the molecule is CCN(CC(C)(C)CN)C(=O)c1cc(F)ccc1F. The first-order chi connectivity index (χ1) is 8.80. The molecule has 0 saturated carbocycles. The van der Waals surface area contributed by atoms with Crippen molar-refractivity contribution < 1.29 is 13.6 Å². The number of carbonyl (C=O) groups is 1. The van der Waals surface area contributed by atoms with Gasteiger partial charge in [0.15, 0.2) is 0 Å². The van der Waals surface area contributed by atoms with Crippen molar-refractivity contribution in [1.29, 1.82) is 0 Å². The number of nitrogens with zero attached hydrogens (tertiary/aromatic N) is 1. The molecule has 0 saturated heterocycles. The first-order valence-corrected chi connectivity index (χ1v) is 6.25. The second-order valence-corrected chi connectivity index (χ2v) is 5.31. The maximum atomic E-state index is 13.6. The zero-order chi connectivity index (χ0) is 14.6. The molecule has 5 heteroatoms. The van der Waals surface area contributed by atoms with Gasteiger partial charge in [-0.25, -0.2) is 8.78 Å². The standard InChI is InChI=1S/C14H20F2N2O/c1-4-18(9-14(2,3)8-17)13(19)11-7-10(15)5-6-12(11)16/h5-7H,4,8-9,17H2,1-3H3. The van der Waals surface area contributed by atoms with Gasteiger partial charge in [0.05, 0.1) is 5.56 Å². The lowest BCUT2D eigenvalue weighted by molar-refractivity contribution is 0.0695. The van der Waals surface area contributed by atoms with Crippen LogP contribution in [-0.2, 0) is 0 Å². The number of nitrogens with two attached hydrogens (primary N) is 1. The molecule has 0 aliphatic rings. The van der Waals surface area contributed by atoms with Gasteiger partial charge in [0.25, 0.3) is 5.91 Å². The summed E-state index contributed by atoms with van der Waals surface area (Å²) in [6.07, 6.45) is 0. The molecule has 0 spiro atoms. The van der Waals surface area contributed by atoms with Crippen LogP contribution in [0, 0.1) is 17.0 Å². The molecule has 0 aromatic heterocycles. The molecule has 0 aliphatic carbocycles. The third kappa shape index (κ3) is 3.99. The van der Waals surface area contributed by atoms with E-state index in [0.717, 1.165) is 18.2 Å². The molecule has 0 aliphatic heterocycles. The molecule has 0 heterocycles. The highest BCUT2D eigenvalue weighted by Crippen LogP contribution is 2.18. The summed E-state index contributed by atoms with van der Waals surface area (Å²) in [7, 11) is 0. The van der Waals surface area contributed by atoms with Crippen molar-refractivity contribution in [3.63, 3.8) is 0 Å². The van der Waals surface area contributed by atoms with Gasteiger partial charge in [-0.1, -0.05) is 13.8 Å². The second-order valence-electron chi connectivity index (χ2n) is 5.31. The van der Waals surface area contributed by atoms with Crippen LogP contribution in [0.15, 0.2) is 18.2 Å². The van der Waals surface area contributed by atoms with Gasteiger partial charge in [0.1, 0.15) is 11.6 Å². The monoisotopic (exact) mass is 270 g/mol. The highest BCUT2D eigenvalue weighted by molar-refractivity contribution is 5.94. The highest BCUT2D eigenvalue weighted by Gasteiger charge is 2.25. The summed E-state index contributed by atoms with van der Waals surface area (Å²) in [5, 5.41) is 0. The number of amides is 1. The van der Waals surface area contributed by atoms with Crippen LogP contribution in [-0.4, -0.2) is 30.4 Å². The fourth-order valence-electron chi connectivity index (χ4n) is 1.74. The molecule has 19 heavy (non-hydrogen) atoms. The van der Waals surface area contributed by atoms with Gasteiger partial charge >= 0.3 is 0 Å². The third-order valence-electron chi connectivity index (χ3n) is 3.00. The van der Waals surface area contributed by atoms with Crippen LogP contribution in [0.1, 0.15) is 31.1 Å². The zero-order valence-corrected chi connectivity index (χ0v) is 11.5. The van der Waals surface area contributed by atoms with E-state index in [2.05, 4.69) is 0 Å². The molecule has 3 nitrogen and oxygen atoms in total. The number of carbonyl (C=O) groups excluding carboxylic acids is 1. The van der Waals surface area contributed by atoms with Crippen molar-refractivity contribution in [2.24, 2.45) is 11.1 Å². The smallest absolute Gasteiger partial charge is 0.256 e. The number of benzene rings is 1. The van der Waals surface area contributed by atoms with E-state index in [1.165, 1.54) is 4.90 Å². The van der Waals surface area contributed by atoms with E-state index in [1.807, 2.05) is 13.8 Å². The maximum Gasteiger partial charge on any atom is 0.256 e. The minimum atomic E-state index is -0.713. The molecule has 2 N–H and O–H groups in total. The third-order valence-corrected chi connectivity index (χ3v) is 3.00. The van der Waals surface area contributed by atoms with Gasteiger partial charge < -0.3 is 10.6 Å². The maximum absolute atomic E-state index is 13.6. The van der Waals surface area contributed by atoms with Gasteiger partial charge in [0, 0.05) is 13.1 Å². The Labute approximate surface area is 112 Å². The van der Waals surface area contributed by atoms with Crippen LogP contribution in [0.25, 0.3) is 0 Å². The fourth-order valence-corrected chi connectivity index (χ4v) is 1.74. The van der Waals surface area contributed by atoms with E-state index in [1.54, 1.807) is 6.92 Å². The molecule has 106 valence electrons. The van der Waals surface area contributed by atoms with E-state index in [9.17, 15) is 13.6 Å². The van der Waals surface area contributed by atoms with Gasteiger partial charge in [-0.05, 0) is 37.1 Å². The molecule has 0 radical (unpaired) electrons. The van der Waals surface area contributed by atoms with E-state index in [4.69, 9.17) is 5.73 Å². The molecule has 1 rings (SSSR count). The summed E-state index contributed by atoms with van der Waals surface area (Å²) < 4.78 is 26.7. The van der Waals surface area contributed by atoms with E-state index in [0.29, 0.717) is 19.6 Å². The summed E-state index contributed by atoms with van der Waals surface area (Å²) in [5.74, 6) is -1.85. The number of rotatable bonds is 5. The predicted octanol–water partition coefficient (Wildman–Crippen LogP) is 2.41. The Morgan fingerprint density at radius 3 is 2.53 bits per heavy atom. The topological polar surface area (TPSA) is 46.3 Å². The van der Waals surface area contributed by atoms with E-state index in [-0.39, 0.29) is 11.0 Å². The van der Waals surface area contributed by atoms with Gasteiger partial charge in [-0.2, -0.15) is 0 Å². The molecule has 1 aromatic carbocycles. The summed E-state index contributed by atoms with van der Waals surface area (Å²) in [4.78, 5) is 13.7. The molecule has 1 amide bonds. The van der Waals surface area contributed by atoms with Crippen LogP contribution in [0.4, 0.5) is 8.78 Å². The van der Waals surface area contributed by atoms with Crippen molar-refractivity contribution >= 4 is 5.91 Å². The van der Waals surface area contributed by atoms with Gasteiger partial charge in [0.2, 0.25) is 0 Å². The van der Waals surface area contributed by atoms with Crippen molar-refractivity contribution in [1.82, 2.24) is 4.90 Å². The molecular weight excluding hydrogens is 250 g/mol. The van der Waals surface area contributed by atoms with Crippen molar-refractivity contribution in [2.45, 2.75) is 20.8 Å². The van der Waals surface area contributed by atoms with Crippen LogP contribution < -0.4 is 5.73 Å². The number of halogens is 2. The Balaban J connectivity index is 2.99. The van der Waals surface area contributed by atoms with Crippen LogP contribution in [0.3, 0.4) is 0 Å². The Morgan fingerprint density at radius 1 is 1.37 bits per heavy atom. The molecule has 0 fully saturated rings. The zero-order valence-electron chi connectivity index (χ0n) is 11.5. The first kappa shape index (κ1) is 15.6. The number of hydrogen-bond donors (Lipinski definition) is 1. The Hall–Kier alpha value is -1.49. The minimum absolute atomic E-state index is 0.241. The van der Waals surface area contributed by atoms with Crippen molar-refractivity contribution in [3.8, 4) is 0 Å². The molecular formula is C14H20F2N2O. The predicted molar refractivity (Wildman–Crippen MR) is 70.8 cm³/mol. The fraction of sp³-hybridized carbons (Fsp3) is 0.500. The minimum Gasteiger partial charge on any atom is -0.338 e. The molecule has 0 atom stereocenters. The van der Waals surface area contributed by atoms with Crippen molar-refractivity contribution in [3.05, 3.63) is 35.4 Å². The van der Waals surface area contributed by atoms with Crippen LogP contribution in [0.2, 0.25) is 0 Å². The lowest BCUT2D eigenvalue weighted by Crippen LogP contribution is -2.42. The lowest BCUT2D eigenvalue weighted by atomic mass is 9.93. The van der Waals surface area contributed by atoms with Crippen LogP contribution >= 0.6 is 0 Å². The summed E-state index contributed by atoms with van der Waals surface area (Å²) >= 11 is 0. The van der Waals surface area contributed by atoms with E-state index < -0.39 is 17.5 Å². The largest absolute Gasteiger partial charge is 0.338 e. The average molecular weight is 270 g/mol. The van der Waals surface area contributed by atoms with Crippen LogP contribution in [0.5, 0.6) is 0 Å². The molecule has 0 bridgehead atoms. The second kappa shape index (κ2) is 6.10. The first-order valence-electron chi connectivity index (χ1n) is 6.25. The van der Waals surface area contributed by atoms with Gasteiger partial charge in [-0.3, -0.25) is 4.79 Å². The molecule has 0 unspecified atom stereocenters. The highest BCUT2D eigenvalue weighted by atomic mass is 19.1. The number of hydrogen-bond acceptors (Lipinski definition) is 2. The molecule has 1 aromatic rings.